The van der Waals surface area contributed by atoms with Crippen molar-refractivity contribution in [1.29, 1.82) is 0 Å². The zero-order valence-corrected chi connectivity index (χ0v) is 18.1. The van der Waals surface area contributed by atoms with Gasteiger partial charge in [0.05, 0.1) is 19.8 Å². The molecule has 1 N–H and O–H groups in total. The summed E-state index contributed by atoms with van der Waals surface area (Å²) in [5, 5.41) is 4.26. The van der Waals surface area contributed by atoms with Gasteiger partial charge in [-0.25, -0.2) is 0 Å². The minimum atomic E-state index is -0.0566. The summed E-state index contributed by atoms with van der Waals surface area (Å²) in [6, 6.07) is 8.23. The van der Waals surface area contributed by atoms with Crippen molar-refractivity contribution in [1.82, 2.24) is 15.1 Å². The van der Waals surface area contributed by atoms with Crippen LogP contribution in [0, 0.1) is 0 Å². The Morgan fingerprint density at radius 2 is 1.96 bits per heavy atom. The highest BCUT2D eigenvalue weighted by atomic mass is 32.1. The third-order valence-corrected chi connectivity index (χ3v) is 4.77. The molecule has 1 aromatic carbocycles. The SMILES string of the molecule is CCOc1ccccc1CN(CCCN1CCOCC1)C(=S)NC(C)(C)C. The van der Waals surface area contributed by atoms with Crippen molar-refractivity contribution >= 4 is 17.3 Å². The molecule has 1 heterocycles. The number of benzene rings is 1. The number of para-hydroxylation sites is 1. The highest BCUT2D eigenvalue weighted by Crippen LogP contribution is 2.20. The van der Waals surface area contributed by atoms with Crippen LogP contribution in [0.15, 0.2) is 24.3 Å². The van der Waals surface area contributed by atoms with Crippen LogP contribution in [0.5, 0.6) is 5.75 Å². The topological polar surface area (TPSA) is 37.0 Å². The molecular weight excluding hydrogens is 358 g/mol. The second-order valence-electron chi connectivity index (χ2n) is 7.95. The molecular formula is C21H35N3O2S. The van der Waals surface area contributed by atoms with Crippen LogP contribution in [-0.4, -0.2) is 66.5 Å². The molecule has 0 atom stereocenters. The van der Waals surface area contributed by atoms with Crippen molar-refractivity contribution < 1.29 is 9.47 Å². The minimum absolute atomic E-state index is 0.0566. The average Bonchev–Trinajstić information content (AvgIpc) is 2.62. The maximum Gasteiger partial charge on any atom is 0.169 e. The van der Waals surface area contributed by atoms with Crippen molar-refractivity contribution in [2.24, 2.45) is 0 Å². The van der Waals surface area contributed by atoms with Gasteiger partial charge in [0.25, 0.3) is 0 Å². The first-order valence-corrected chi connectivity index (χ1v) is 10.4. The monoisotopic (exact) mass is 393 g/mol. The van der Waals surface area contributed by atoms with Crippen LogP contribution in [0.2, 0.25) is 0 Å². The van der Waals surface area contributed by atoms with Gasteiger partial charge in [0.2, 0.25) is 0 Å². The first kappa shape index (κ1) is 21.9. The van der Waals surface area contributed by atoms with Crippen molar-refractivity contribution in [3.63, 3.8) is 0 Å². The van der Waals surface area contributed by atoms with E-state index in [1.165, 1.54) is 5.56 Å². The predicted molar refractivity (Wildman–Crippen MR) is 115 cm³/mol. The van der Waals surface area contributed by atoms with E-state index in [1.54, 1.807) is 0 Å². The molecule has 1 aliphatic heterocycles. The van der Waals surface area contributed by atoms with E-state index in [0.717, 1.165) is 63.2 Å². The summed E-state index contributed by atoms with van der Waals surface area (Å²) in [5.41, 5.74) is 1.11. The van der Waals surface area contributed by atoms with Gasteiger partial charge in [0.15, 0.2) is 5.11 Å². The third-order valence-electron chi connectivity index (χ3n) is 4.41. The summed E-state index contributed by atoms with van der Waals surface area (Å²) >= 11 is 5.74. The lowest BCUT2D eigenvalue weighted by Crippen LogP contribution is -2.48. The summed E-state index contributed by atoms with van der Waals surface area (Å²) < 4.78 is 11.2. The molecule has 5 nitrogen and oxygen atoms in total. The number of morpholine rings is 1. The van der Waals surface area contributed by atoms with Gasteiger partial charge in [-0.3, -0.25) is 4.90 Å². The Morgan fingerprint density at radius 1 is 1.26 bits per heavy atom. The molecule has 1 fully saturated rings. The molecule has 0 amide bonds. The van der Waals surface area contributed by atoms with Crippen LogP contribution >= 0.6 is 12.2 Å². The Labute approximate surface area is 170 Å². The lowest BCUT2D eigenvalue weighted by atomic mass is 10.1. The van der Waals surface area contributed by atoms with Gasteiger partial charge in [0, 0.05) is 43.8 Å². The fourth-order valence-corrected chi connectivity index (χ4v) is 3.56. The van der Waals surface area contributed by atoms with Crippen molar-refractivity contribution in [3.05, 3.63) is 29.8 Å². The van der Waals surface area contributed by atoms with Crippen LogP contribution in [-0.2, 0) is 11.3 Å². The lowest BCUT2D eigenvalue weighted by Gasteiger charge is -2.33. The highest BCUT2D eigenvalue weighted by Gasteiger charge is 2.19. The van der Waals surface area contributed by atoms with Crippen LogP contribution in [0.25, 0.3) is 0 Å². The van der Waals surface area contributed by atoms with E-state index in [0.29, 0.717) is 6.61 Å². The number of rotatable bonds is 8. The molecule has 6 heteroatoms. The summed E-state index contributed by atoms with van der Waals surface area (Å²) in [6.07, 6.45) is 1.07. The summed E-state index contributed by atoms with van der Waals surface area (Å²) in [6.45, 7) is 15.6. The van der Waals surface area contributed by atoms with Gasteiger partial charge in [0.1, 0.15) is 5.75 Å². The van der Waals surface area contributed by atoms with E-state index < -0.39 is 0 Å². The Hall–Kier alpha value is -1.37. The summed E-state index contributed by atoms with van der Waals surface area (Å²) in [4.78, 5) is 4.73. The van der Waals surface area contributed by atoms with Gasteiger partial charge in [-0.2, -0.15) is 0 Å². The maximum absolute atomic E-state index is 5.81. The Balaban J connectivity index is 2.01. The molecule has 0 aromatic heterocycles. The van der Waals surface area contributed by atoms with Crippen molar-refractivity contribution in [2.45, 2.75) is 46.2 Å². The van der Waals surface area contributed by atoms with E-state index in [2.05, 4.69) is 48.0 Å². The number of nitrogens with one attached hydrogen (secondary N) is 1. The highest BCUT2D eigenvalue weighted by molar-refractivity contribution is 7.80. The van der Waals surface area contributed by atoms with Crippen LogP contribution in [0.3, 0.4) is 0 Å². The molecule has 0 aliphatic carbocycles. The molecule has 1 aromatic rings. The summed E-state index contributed by atoms with van der Waals surface area (Å²) in [5.74, 6) is 0.941. The molecule has 0 saturated carbocycles. The van der Waals surface area contributed by atoms with Crippen LogP contribution < -0.4 is 10.1 Å². The largest absolute Gasteiger partial charge is 0.494 e. The average molecular weight is 394 g/mol. The molecule has 2 rings (SSSR count). The number of hydrogen-bond acceptors (Lipinski definition) is 4. The molecule has 1 saturated heterocycles. The van der Waals surface area contributed by atoms with Crippen molar-refractivity contribution in [3.8, 4) is 5.75 Å². The quantitative estimate of drug-likeness (QED) is 0.683. The number of hydrogen-bond donors (Lipinski definition) is 1. The fourth-order valence-electron chi connectivity index (χ4n) is 3.10. The number of nitrogens with zero attached hydrogens (tertiary/aromatic N) is 2. The Morgan fingerprint density at radius 3 is 2.63 bits per heavy atom. The van der Waals surface area contributed by atoms with Gasteiger partial charge in [-0.05, 0) is 52.4 Å². The van der Waals surface area contributed by atoms with Gasteiger partial charge in [-0.15, -0.1) is 0 Å². The van der Waals surface area contributed by atoms with E-state index in [1.807, 2.05) is 19.1 Å². The van der Waals surface area contributed by atoms with E-state index in [-0.39, 0.29) is 5.54 Å². The molecule has 27 heavy (non-hydrogen) atoms. The normalized spacial score (nSPS) is 15.4. The number of ether oxygens (including phenoxy) is 2. The smallest absolute Gasteiger partial charge is 0.169 e. The minimum Gasteiger partial charge on any atom is -0.494 e. The second kappa shape index (κ2) is 10.8. The zero-order valence-electron chi connectivity index (χ0n) is 17.3. The van der Waals surface area contributed by atoms with E-state index in [4.69, 9.17) is 21.7 Å². The van der Waals surface area contributed by atoms with Crippen LogP contribution in [0.4, 0.5) is 0 Å². The van der Waals surface area contributed by atoms with Gasteiger partial charge < -0.3 is 19.7 Å². The number of thiocarbonyl (C=S) groups is 1. The standard InChI is InChI=1S/C21H35N3O2S/c1-5-26-19-10-7-6-9-18(19)17-24(20(27)22-21(2,3)4)12-8-11-23-13-15-25-16-14-23/h6-7,9-10H,5,8,11-17H2,1-4H3,(H,22,27). The second-order valence-corrected chi connectivity index (χ2v) is 8.34. The molecule has 0 bridgehead atoms. The maximum atomic E-state index is 5.81. The van der Waals surface area contributed by atoms with Crippen molar-refractivity contribution in [2.75, 3.05) is 46.0 Å². The predicted octanol–water partition coefficient (Wildman–Crippen LogP) is 3.28. The molecule has 0 unspecified atom stereocenters. The van der Waals surface area contributed by atoms with Crippen LogP contribution in [0.1, 0.15) is 39.7 Å². The van der Waals surface area contributed by atoms with E-state index in [9.17, 15) is 0 Å². The third kappa shape index (κ3) is 8.03. The lowest BCUT2D eigenvalue weighted by molar-refractivity contribution is 0.0367. The van der Waals surface area contributed by atoms with E-state index >= 15 is 0 Å². The fraction of sp³-hybridized carbons (Fsp3) is 0.667. The van der Waals surface area contributed by atoms with Gasteiger partial charge in [-0.1, -0.05) is 18.2 Å². The first-order valence-electron chi connectivity index (χ1n) is 9.97. The molecule has 0 radical (unpaired) electrons. The molecule has 1 aliphatic rings. The Bertz CT molecular complexity index is 583. The Kier molecular flexibility index (Phi) is 8.80. The van der Waals surface area contributed by atoms with Gasteiger partial charge >= 0.3 is 0 Å². The molecule has 152 valence electrons. The first-order chi connectivity index (χ1) is 12.9. The zero-order chi connectivity index (χ0) is 19.7. The molecule has 0 spiro atoms. The summed E-state index contributed by atoms with van der Waals surface area (Å²) in [7, 11) is 0.